The number of furan rings is 1. The minimum Gasteiger partial charge on any atom is -0.508 e. The molecule has 0 radical (unpaired) electrons. The highest BCUT2D eigenvalue weighted by Crippen LogP contribution is 2.42. The van der Waals surface area contributed by atoms with E-state index in [1.807, 2.05) is 62.4 Å². The fourth-order valence-corrected chi connectivity index (χ4v) is 3.21. The second kappa shape index (κ2) is 8.10. The molecule has 0 saturated heterocycles. The number of nitriles is 1. The van der Waals surface area contributed by atoms with Crippen LogP contribution in [-0.4, -0.2) is 11.3 Å². The van der Waals surface area contributed by atoms with Crippen molar-refractivity contribution in [3.05, 3.63) is 95.1 Å². The number of benzene rings is 3. The molecule has 4 nitrogen and oxygen atoms in total. The van der Waals surface area contributed by atoms with Crippen molar-refractivity contribution in [3.8, 4) is 34.3 Å². The molecule has 4 rings (SSSR count). The first-order valence-corrected chi connectivity index (χ1v) is 9.59. The summed E-state index contributed by atoms with van der Waals surface area (Å²) in [6, 6.07) is 25.0. The van der Waals surface area contributed by atoms with Gasteiger partial charge in [-0.05, 0) is 49.2 Å². The average Bonchev–Trinajstić information content (AvgIpc) is 3.13. The fraction of sp³-hybridized carbons (Fsp3) is 0.0769. The van der Waals surface area contributed by atoms with Crippen LogP contribution in [0.15, 0.2) is 82.2 Å². The van der Waals surface area contributed by atoms with Gasteiger partial charge in [-0.25, -0.2) is 4.99 Å². The van der Waals surface area contributed by atoms with Gasteiger partial charge >= 0.3 is 0 Å². The zero-order chi connectivity index (χ0) is 21.1. The molecule has 0 aliphatic rings. The quantitative estimate of drug-likeness (QED) is 0.400. The van der Waals surface area contributed by atoms with Crippen molar-refractivity contribution in [2.75, 3.05) is 0 Å². The Kier molecular flexibility index (Phi) is 5.19. The van der Waals surface area contributed by atoms with Gasteiger partial charge < -0.3 is 9.52 Å². The standard InChI is InChI=1S/C26H20N2O2/c1-17-3-9-20(10-4-17)24-23(15-27)26(28-16-19-7-13-22(29)14-8-19)30-25(24)21-11-5-18(2)6-12-21/h3-14,16,29H,1-2H3. The number of hydrogen-bond acceptors (Lipinski definition) is 4. The van der Waals surface area contributed by atoms with Crippen LogP contribution in [0.2, 0.25) is 0 Å². The minimum absolute atomic E-state index is 0.186. The molecule has 0 amide bonds. The number of aliphatic imine (C=N–C) groups is 1. The third kappa shape index (κ3) is 3.87. The number of phenolic OH excluding ortho intramolecular Hbond substituents is 1. The monoisotopic (exact) mass is 392 g/mol. The zero-order valence-corrected chi connectivity index (χ0v) is 16.8. The molecule has 4 aromatic rings. The molecule has 0 fully saturated rings. The molecule has 0 atom stereocenters. The Balaban J connectivity index is 1.88. The molecule has 1 aromatic heterocycles. The van der Waals surface area contributed by atoms with E-state index in [9.17, 15) is 10.4 Å². The molecule has 30 heavy (non-hydrogen) atoms. The number of nitrogens with zero attached hydrogens (tertiary/aromatic N) is 2. The van der Waals surface area contributed by atoms with Crippen LogP contribution < -0.4 is 0 Å². The fourth-order valence-electron chi connectivity index (χ4n) is 3.21. The second-order valence-electron chi connectivity index (χ2n) is 7.18. The molecule has 3 aromatic carbocycles. The van der Waals surface area contributed by atoms with Gasteiger partial charge in [0, 0.05) is 17.3 Å². The van der Waals surface area contributed by atoms with Gasteiger partial charge in [0.1, 0.15) is 23.1 Å². The van der Waals surface area contributed by atoms with E-state index in [0.29, 0.717) is 11.3 Å². The predicted octanol–water partition coefficient (Wildman–Crippen LogP) is 6.56. The van der Waals surface area contributed by atoms with Crippen LogP contribution in [0.1, 0.15) is 22.3 Å². The summed E-state index contributed by atoms with van der Waals surface area (Å²) < 4.78 is 6.12. The van der Waals surface area contributed by atoms with Crippen LogP contribution in [0.3, 0.4) is 0 Å². The van der Waals surface area contributed by atoms with E-state index < -0.39 is 0 Å². The lowest BCUT2D eigenvalue weighted by Crippen LogP contribution is -1.85. The number of aryl methyl sites for hydroxylation is 2. The van der Waals surface area contributed by atoms with E-state index in [1.54, 1.807) is 30.5 Å². The Bertz CT molecular complexity index is 1240. The van der Waals surface area contributed by atoms with E-state index in [0.717, 1.165) is 33.4 Å². The van der Waals surface area contributed by atoms with Crippen LogP contribution in [0.5, 0.6) is 5.75 Å². The highest BCUT2D eigenvalue weighted by Gasteiger charge is 2.22. The maximum atomic E-state index is 9.94. The molecule has 4 heteroatoms. The van der Waals surface area contributed by atoms with Crippen LogP contribution in [0, 0.1) is 25.2 Å². The highest BCUT2D eigenvalue weighted by atomic mass is 16.4. The lowest BCUT2D eigenvalue weighted by atomic mass is 9.97. The van der Waals surface area contributed by atoms with Gasteiger partial charge in [-0.1, -0.05) is 59.7 Å². The molecule has 0 aliphatic carbocycles. The van der Waals surface area contributed by atoms with E-state index in [4.69, 9.17) is 4.42 Å². The van der Waals surface area contributed by atoms with Crippen molar-refractivity contribution in [2.45, 2.75) is 13.8 Å². The molecule has 0 bridgehead atoms. The molecule has 0 saturated carbocycles. The average molecular weight is 392 g/mol. The third-order valence-electron chi connectivity index (χ3n) is 4.88. The van der Waals surface area contributed by atoms with E-state index >= 15 is 0 Å². The normalized spacial score (nSPS) is 11.0. The molecule has 0 unspecified atom stereocenters. The summed E-state index contributed by atoms with van der Waals surface area (Å²) in [7, 11) is 0. The van der Waals surface area contributed by atoms with Gasteiger partial charge in [0.25, 0.3) is 0 Å². The molecular formula is C26H20N2O2. The Morgan fingerprint density at radius 2 is 1.40 bits per heavy atom. The predicted molar refractivity (Wildman–Crippen MR) is 119 cm³/mol. The number of phenols is 1. The maximum Gasteiger partial charge on any atom is 0.238 e. The van der Waals surface area contributed by atoms with Gasteiger partial charge in [-0.15, -0.1) is 0 Å². The Morgan fingerprint density at radius 3 is 1.97 bits per heavy atom. The van der Waals surface area contributed by atoms with Crippen LogP contribution >= 0.6 is 0 Å². The highest BCUT2D eigenvalue weighted by molar-refractivity contribution is 5.90. The van der Waals surface area contributed by atoms with Crippen LogP contribution in [0.4, 0.5) is 5.88 Å². The Morgan fingerprint density at radius 1 is 0.833 bits per heavy atom. The Hall–Kier alpha value is -4.10. The van der Waals surface area contributed by atoms with Gasteiger partial charge in [0.15, 0.2) is 0 Å². The second-order valence-corrected chi connectivity index (χ2v) is 7.18. The zero-order valence-electron chi connectivity index (χ0n) is 16.8. The van der Waals surface area contributed by atoms with Crippen LogP contribution in [-0.2, 0) is 0 Å². The van der Waals surface area contributed by atoms with Gasteiger partial charge in [-0.2, -0.15) is 5.26 Å². The van der Waals surface area contributed by atoms with Gasteiger partial charge in [0.2, 0.25) is 5.88 Å². The third-order valence-corrected chi connectivity index (χ3v) is 4.88. The lowest BCUT2D eigenvalue weighted by Gasteiger charge is -2.05. The molecule has 146 valence electrons. The Labute approximate surface area is 175 Å². The summed E-state index contributed by atoms with van der Waals surface area (Å²) in [6.07, 6.45) is 1.62. The molecule has 1 heterocycles. The molecule has 1 N–H and O–H groups in total. The first-order valence-electron chi connectivity index (χ1n) is 9.59. The summed E-state index contributed by atoms with van der Waals surface area (Å²) in [6.45, 7) is 4.06. The summed E-state index contributed by atoms with van der Waals surface area (Å²) in [5, 5.41) is 19.4. The van der Waals surface area contributed by atoms with Gasteiger partial charge in [-0.3, -0.25) is 0 Å². The number of aromatic hydroxyl groups is 1. The topological polar surface area (TPSA) is 69.5 Å². The van der Waals surface area contributed by atoms with E-state index in [-0.39, 0.29) is 11.6 Å². The smallest absolute Gasteiger partial charge is 0.238 e. The SMILES string of the molecule is Cc1ccc(-c2oc(N=Cc3ccc(O)cc3)c(C#N)c2-c2ccc(C)cc2)cc1. The maximum absolute atomic E-state index is 9.94. The van der Waals surface area contributed by atoms with Crippen molar-refractivity contribution in [2.24, 2.45) is 4.99 Å². The first kappa shape index (κ1) is 19.2. The molecule has 0 aliphatic heterocycles. The van der Waals surface area contributed by atoms with E-state index in [1.165, 1.54) is 0 Å². The van der Waals surface area contributed by atoms with Gasteiger partial charge in [0.05, 0.1) is 0 Å². The van der Waals surface area contributed by atoms with Crippen molar-refractivity contribution in [1.82, 2.24) is 0 Å². The van der Waals surface area contributed by atoms with Crippen molar-refractivity contribution in [1.29, 1.82) is 5.26 Å². The van der Waals surface area contributed by atoms with Crippen molar-refractivity contribution in [3.63, 3.8) is 0 Å². The molecular weight excluding hydrogens is 372 g/mol. The van der Waals surface area contributed by atoms with Crippen LogP contribution in [0.25, 0.3) is 22.5 Å². The van der Waals surface area contributed by atoms with Crippen molar-refractivity contribution < 1.29 is 9.52 Å². The summed E-state index contributed by atoms with van der Waals surface area (Å²) in [4.78, 5) is 4.45. The minimum atomic E-state index is 0.186. The largest absolute Gasteiger partial charge is 0.508 e. The molecule has 0 spiro atoms. The van der Waals surface area contributed by atoms with Crippen molar-refractivity contribution >= 4 is 12.1 Å². The summed E-state index contributed by atoms with van der Waals surface area (Å²) in [5.74, 6) is 1.07. The lowest BCUT2D eigenvalue weighted by molar-refractivity contribution is 0.475. The number of hydrogen-bond donors (Lipinski definition) is 1. The number of rotatable bonds is 4. The first-order chi connectivity index (χ1) is 14.5. The summed E-state index contributed by atoms with van der Waals surface area (Å²) in [5.41, 5.74) is 6.00. The van der Waals surface area contributed by atoms with E-state index in [2.05, 4.69) is 11.1 Å². The summed E-state index contributed by atoms with van der Waals surface area (Å²) >= 11 is 0.